The Morgan fingerprint density at radius 3 is 2.02 bits per heavy atom. The van der Waals surface area contributed by atoms with Crippen LogP contribution in [0.4, 0.5) is 4.79 Å². The van der Waals surface area contributed by atoms with Gasteiger partial charge >= 0.3 is 24.1 Å². The highest BCUT2D eigenvalue weighted by molar-refractivity contribution is 5.81. The van der Waals surface area contributed by atoms with E-state index in [-0.39, 0.29) is 49.9 Å². The lowest BCUT2D eigenvalue weighted by molar-refractivity contribution is -0.148. The Morgan fingerprint density at radius 1 is 0.875 bits per heavy atom. The number of ether oxygens (including phenoxy) is 5. The Kier molecular flexibility index (Phi) is 16.6. The van der Waals surface area contributed by atoms with Crippen LogP contribution in [0.25, 0.3) is 0 Å². The van der Waals surface area contributed by atoms with Gasteiger partial charge in [-0.25, -0.2) is 4.79 Å². The van der Waals surface area contributed by atoms with E-state index in [2.05, 4.69) is 0 Å². The number of hydrogen-bond donors (Lipinski definition) is 1. The van der Waals surface area contributed by atoms with Crippen molar-refractivity contribution in [1.82, 2.24) is 0 Å². The smallest absolute Gasteiger partial charge is 0.468 e. The van der Waals surface area contributed by atoms with Gasteiger partial charge in [-0.1, -0.05) is 58.9 Å². The number of methoxy groups -OCH3 is 1. The maximum atomic E-state index is 12.7. The lowest BCUT2D eigenvalue weighted by Crippen LogP contribution is -2.51. The maximum absolute atomic E-state index is 12.7. The first-order valence-corrected chi connectivity index (χ1v) is 14.3. The summed E-state index contributed by atoms with van der Waals surface area (Å²) in [5.74, 6) is -1.40. The first-order valence-electron chi connectivity index (χ1n) is 14.3. The van der Waals surface area contributed by atoms with Gasteiger partial charge in [-0.2, -0.15) is 0 Å². The maximum Gasteiger partial charge on any atom is 0.508 e. The van der Waals surface area contributed by atoms with Crippen molar-refractivity contribution in [3.63, 3.8) is 0 Å². The van der Waals surface area contributed by atoms with E-state index < -0.39 is 29.6 Å². The monoisotopic (exact) mass is 565 g/mol. The normalized spacial score (nSPS) is 13.1. The van der Waals surface area contributed by atoms with Gasteiger partial charge in [0.15, 0.2) is 11.5 Å². The van der Waals surface area contributed by atoms with Crippen LogP contribution in [-0.2, 0) is 35.0 Å². The Labute approximate surface area is 238 Å². The highest BCUT2D eigenvalue weighted by atomic mass is 16.7. The van der Waals surface area contributed by atoms with Crippen molar-refractivity contribution in [2.75, 3.05) is 13.7 Å². The molecule has 0 aromatic heterocycles. The van der Waals surface area contributed by atoms with Gasteiger partial charge in [0, 0.05) is 25.7 Å². The molecule has 0 aliphatic rings. The summed E-state index contributed by atoms with van der Waals surface area (Å²) in [7, 11) is 1.22. The van der Waals surface area contributed by atoms with Crippen LogP contribution in [-0.4, -0.2) is 49.4 Å². The Morgan fingerprint density at radius 2 is 1.48 bits per heavy atom. The minimum Gasteiger partial charge on any atom is -0.468 e. The van der Waals surface area contributed by atoms with Gasteiger partial charge in [-0.15, -0.1) is 0 Å². The van der Waals surface area contributed by atoms with E-state index in [9.17, 15) is 19.2 Å². The molecule has 0 spiro atoms. The molecule has 0 aliphatic heterocycles. The van der Waals surface area contributed by atoms with Crippen LogP contribution in [0.3, 0.4) is 0 Å². The van der Waals surface area contributed by atoms with Gasteiger partial charge in [0.2, 0.25) is 0 Å². The SMILES string of the molecule is CCCCCC(=O)Oc1ccc(C[C@](N)(CCOC(=O)O[C@@H](C)CCC)C(=O)OC)cc1OC(=O)CCCCC. The molecule has 0 heterocycles. The summed E-state index contributed by atoms with van der Waals surface area (Å²) in [6.45, 7) is 7.65. The van der Waals surface area contributed by atoms with Crippen molar-refractivity contribution in [3.8, 4) is 11.5 Å². The number of carbonyl (C=O) groups is 4. The number of esters is 3. The van der Waals surface area contributed by atoms with Crippen molar-refractivity contribution >= 4 is 24.1 Å². The van der Waals surface area contributed by atoms with Crippen LogP contribution in [0.1, 0.15) is 104 Å². The van der Waals surface area contributed by atoms with Gasteiger partial charge in [0.1, 0.15) is 11.6 Å². The first kappa shape index (κ1) is 34.9. The Balaban J connectivity index is 3.06. The summed E-state index contributed by atoms with van der Waals surface area (Å²) in [5.41, 5.74) is 5.42. The molecule has 0 saturated carbocycles. The van der Waals surface area contributed by atoms with E-state index in [0.29, 0.717) is 24.8 Å². The van der Waals surface area contributed by atoms with Gasteiger partial charge in [-0.3, -0.25) is 14.4 Å². The van der Waals surface area contributed by atoms with E-state index in [1.54, 1.807) is 13.0 Å². The second-order valence-electron chi connectivity index (χ2n) is 10.0. The molecule has 2 atom stereocenters. The molecule has 1 aromatic rings. The van der Waals surface area contributed by atoms with Gasteiger partial charge in [-0.05, 0) is 43.9 Å². The fourth-order valence-corrected chi connectivity index (χ4v) is 4.02. The number of rotatable bonds is 19. The molecule has 10 heteroatoms. The molecule has 1 aromatic carbocycles. The third-order valence-electron chi connectivity index (χ3n) is 6.30. The molecule has 0 unspecified atom stereocenters. The Bertz CT molecular complexity index is 949. The molecule has 0 saturated heterocycles. The topological polar surface area (TPSA) is 140 Å². The molecule has 40 heavy (non-hydrogen) atoms. The molecule has 0 bridgehead atoms. The summed E-state index contributed by atoms with van der Waals surface area (Å²) in [5, 5.41) is 0. The molecule has 1 rings (SSSR count). The first-order chi connectivity index (χ1) is 19.1. The van der Waals surface area contributed by atoms with Crippen molar-refractivity contribution < 1.29 is 42.9 Å². The summed E-state index contributed by atoms with van der Waals surface area (Å²) in [6.07, 6.45) is 5.91. The number of benzene rings is 1. The zero-order chi connectivity index (χ0) is 30.0. The third kappa shape index (κ3) is 13.3. The van der Waals surface area contributed by atoms with Gasteiger partial charge < -0.3 is 29.4 Å². The molecule has 0 aliphatic carbocycles. The van der Waals surface area contributed by atoms with Crippen molar-refractivity contribution in [2.24, 2.45) is 5.73 Å². The van der Waals surface area contributed by atoms with Crippen molar-refractivity contribution in [1.29, 1.82) is 0 Å². The molecular formula is C30H47NO9. The predicted octanol–water partition coefficient (Wildman–Crippen LogP) is 5.80. The second kappa shape index (κ2) is 19.0. The number of hydrogen-bond acceptors (Lipinski definition) is 10. The minimum atomic E-state index is -1.55. The zero-order valence-electron chi connectivity index (χ0n) is 24.8. The van der Waals surface area contributed by atoms with Crippen molar-refractivity contribution in [3.05, 3.63) is 23.8 Å². The average molecular weight is 566 g/mol. The number of carbonyl (C=O) groups excluding carboxylic acids is 4. The van der Waals surface area contributed by atoms with E-state index in [0.717, 1.165) is 32.1 Å². The number of nitrogens with two attached hydrogens (primary N) is 1. The molecule has 226 valence electrons. The van der Waals surface area contributed by atoms with E-state index >= 15 is 0 Å². The van der Waals surface area contributed by atoms with Crippen molar-refractivity contribution in [2.45, 2.75) is 116 Å². The highest BCUT2D eigenvalue weighted by Crippen LogP contribution is 2.31. The van der Waals surface area contributed by atoms with E-state index in [4.69, 9.17) is 29.4 Å². The predicted molar refractivity (Wildman–Crippen MR) is 150 cm³/mol. The minimum absolute atomic E-state index is 0.0184. The lowest BCUT2D eigenvalue weighted by Gasteiger charge is -2.27. The van der Waals surface area contributed by atoms with Crippen LogP contribution in [0.15, 0.2) is 18.2 Å². The molecule has 2 N–H and O–H groups in total. The highest BCUT2D eigenvalue weighted by Gasteiger charge is 2.36. The standard InChI is InChI=1S/C30H47NO9/c1-6-9-11-14-26(32)39-24-17-16-23(20-25(24)40-27(33)15-12-10-7-2)21-30(31,28(34)36-5)18-19-37-29(35)38-22(4)13-8-3/h16-17,20,22H,6-15,18-19,21,31H2,1-5H3/t22-,30+/m0/s1. The second-order valence-corrected chi connectivity index (χ2v) is 10.0. The summed E-state index contributed by atoms with van der Waals surface area (Å²) >= 11 is 0. The van der Waals surface area contributed by atoms with Gasteiger partial charge in [0.05, 0.1) is 13.7 Å². The van der Waals surface area contributed by atoms with Crippen LogP contribution >= 0.6 is 0 Å². The fourth-order valence-electron chi connectivity index (χ4n) is 4.02. The lowest BCUT2D eigenvalue weighted by atomic mass is 9.88. The van der Waals surface area contributed by atoms with Crippen LogP contribution in [0.2, 0.25) is 0 Å². The molecule has 0 radical (unpaired) electrons. The van der Waals surface area contributed by atoms with Crippen LogP contribution in [0, 0.1) is 0 Å². The van der Waals surface area contributed by atoms with E-state index in [1.807, 2.05) is 20.8 Å². The average Bonchev–Trinajstić information content (AvgIpc) is 2.90. The number of unbranched alkanes of at least 4 members (excludes halogenated alkanes) is 4. The van der Waals surface area contributed by atoms with Gasteiger partial charge in [0.25, 0.3) is 0 Å². The summed E-state index contributed by atoms with van der Waals surface area (Å²) in [6, 6.07) is 4.68. The largest absolute Gasteiger partial charge is 0.508 e. The molecular weight excluding hydrogens is 518 g/mol. The molecule has 0 fully saturated rings. The Hall–Kier alpha value is -3.14. The molecule has 0 amide bonds. The molecule has 10 nitrogen and oxygen atoms in total. The van der Waals surface area contributed by atoms with Crippen LogP contribution < -0.4 is 15.2 Å². The van der Waals surface area contributed by atoms with Crippen LogP contribution in [0.5, 0.6) is 11.5 Å². The summed E-state index contributed by atoms with van der Waals surface area (Å²) in [4.78, 5) is 49.5. The fraction of sp³-hybridized carbons (Fsp3) is 0.667. The third-order valence-corrected chi connectivity index (χ3v) is 6.30. The van der Waals surface area contributed by atoms with E-state index in [1.165, 1.54) is 19.2 Å². The quantitative estimate of drug-likeness (QED) is 0.124. The zero-order valence-corrected chi connectivity index (χ0v) is 24.8. The summed E-state index contributed by atoms with van der Waals surface area (Å²) < 4.78 is 26.3.